The van der Waals surface area contributed by atoms with Gasteiger partial charge in [0.2, 0.25) is 0 Å². The number of nitrogens with one attached hydrogen (secondary N) is 1. The molecule has 0 bridgehead atoms. The van der Waals surface area contributed by atoms with Crippen LogP contribution in [0.1, 0.15) is 29.8 Å². The average Bonchev–Trinajstić information content (AvgIpc) is 3.20. The van der Waals surface area contributed by atoms with Crippen LogP contribution in [-0.4, -0.2) is 41.0 Å². The van der Waals surface area contributed by atoms with Crippen LogP contribution in [0.15, 0.2) is 23.8 Å². The second kappa shape index (κ2) is 7.14. The molecule has 124 valence electrons. The van der Waals surface area contributed by atoms with Crippen molar-refractivity contribution in [3.63, 3.8) is 0 Å². The molecule has 0 unspecified atom stereocenters. The molecule has 7 heteroatoms. The number of ether oxygens (including phenoxy) is 1. The summed E-state index contributed by atoms with van der Waals surface area (Å²) in [6.45, 7) is 4.15. The van der Waals surface area contributed by atoms with E-state index in [0.717, 1.165) is 25.1 Å². The van der Waals surface area contributed by atoms with Gasteiger partial charge in [-0.25, -0.2) is 4.79 Å². The normalized spacial score (nSPS) is 17.1. The molecular weight excluding hydrogens is 312 g/mol. The first-order chi connectivity index (χ1) is 11.2. The lowest BCUT2D eigenvalue weighted by atomic mass is 9.98. The van der Waals surface area contributed by atoms with Gasteiger partial charge in [0.15, 0.2) is 0 Å². The van der Waals surface area contributed by atoms with Crippen LogP contribution in [0.3, 0.4) is 0 Å². The Morgan fingerprint density at radius 3 is 3.22 bits per heavy atom. The second-order valence-corrected chi connectivity index (χ2v) is 6.58. The molecule has 0 aromatic carbocycles. The summed E-state index contributed by atoms with van der Waals surface area (Å²) in [6, 6.07) is 2.25. The maximum atomic E-state index is 12.6. The van der Waals surface area contributed by atoms with Crippen molar-refractivity contribution in [3.8, 4) is 0 Å². The summed E-state index contributed by atoms with van der Waals surface area (Å²) in [6.07, 6.45) is 5.36. The molecule has 1 atom stereocenters. The molecule has 0 saturated carbocycles. The van der Waals surface area contributed by atoms with Crippen molar-refractivity contribution in [3.05, 3.63) is 34.3 Å². The Hall–Kier alpha value is -1.86. The van der Waals surface area contributed by atoms with Crippen molar-refractivity contribution in [2.75, 3.05) is 25.6 Å². The lowest BCUT2D eigenvalue weighted by Gasteiger charge is -2.35. The minimum atomic E-state index is -0.0556. The molecule has 0 radical (unpaired) electrons. The average molecular weight is 334 g/mol. The molecule has 1 N–H and O–H groups in total. The first kappa shape index (κ1) is 16.0. The van der Waals surface area contributed by atoms with Gasteiger partial charge in [0.1, 0.15) is 0 Å². The number of nitrogens with zero attached hydrogens (tertiary/aromatic N) is 3. The van der Waals surface area contributed by atoms with Crippen molar-refractivity contribution in [1.82, 2.24) is 14.7 Å². The first-order valence-corrected chi connectivity index (χ1v) is 8.76. The second-order valence-electron chi connectivity index (χ2n) is 5.58. The zero-order valence-electron chi connectivity index (χ0n) is 13.5. The summed E-state index contributed by atoms with van der Waals surface area (Å²) in [5, 5.41) is 9.31. The highest BCUT2D eigenvalue weighted by atomic mass is 32.1. The molecule has 1 aliphatic heterocycles. The van der Waals surface area contributed by atoms with E-state index in [1.165, 1.54) is 10.4 Å². The quantitative estimate of drug-likeness (QED) is 0.914. The molecule has 2 aromatic rings. The van der Waals surface area contributed by atoms with E-state index in [-0.39, 0.29) is 12.1 Å². The monoisotopic (exact) mass is 334 g/mol. The van der Waals surface area contributed by atoms with Crippen LogP contribution < -0.4 is 5.32 Å². The maximum absolute atomic E-state index is 12.6. The van der Waals surface area contributed by atoms with E-state index >= 15 is 0 Å². The van der Waals surface area contributed by atoms with E-state index in [0.29, 0.717) is 13.2 Å². The predicted octanol–water partition coefficient (Wildman–Crippen LogP) is 3.13. The number of amides is 2. The zero-order chi connectivity index (χ0) is 16.2. The Morgan fingerprint density at radius 1 is 1.57 bits per heavy atom. The van der Waals surface area contributed by atoms with Gasteiger partial charge in [-0.2, -0.15) is 5.10 Å². The van der Waals surface area contributed by atoms with E-state index in [9.17, 15) is 4.79 Å². The molecule has 23 heavy (non-hydrogen) atoms. The fourth-order valence-corrected chi connectivity index (χ4v) is 3.94. The van der Waals surface area contributed by atoms with E-state index in [2.05, 4.69) is 28.8 Å². The van der Waals surface area contributed by atoms with Crippen LogP contribution >= 0.6 is 11.3 Å². The van der Waals surface area contributed by atoms with Gasteiger partial charge in [-0.3, -0.25) is 4.68 Å². The fourth-order valence-electron chi connectivity index (χ4n) is 3.01. The molecule has 3 rings (SSSR count). The van der Waals surface area contributed by atoms with Crippen molar-refractivity contribution < 1.29 is 9.53 Å². The lowest BCUT2D eigenvalue weighted by molar-refractivity contribution is 0.181. The molecule has 2 amide bonds. The number of aromatic nitrogens is 2. The highest BCUT2D eigenvalue weighted by molar-refractivity contribution is 7.10. The number of carbonyl (C=O) groups is 1. The SMILES string of the molecule is CC[C@H]1c2ccsc2CCN1C(=O)Nc1cnn(CCOC)c1. The van der Waals surface area contributed by atoms with Crippen LogP contribution in [-0.2, 0) is 17.7 Å². The number of anilines is 1. The van der Waals surface area contributed by atoms with E-state index in [4.69, 9.17) is 4.74 Å². The first-order valence-electron chi connectivity index (χ1n) is 7.88. The van der Waals surface area contributed by atoms with Gasteiger partial charge in [0.25, 0.3) is 0 Å². The van der Waals surface area contributed by atoms with E-state index < -0.39 is 0 Å². The highest BCUT2D eigenvalue weighted by Crippen LogP contribution is 2.35. The van der Waals surface area contributed by atoms with E-state index in [1.54, 1.807) is 29.3 Å². The minimum absolute atomic E-state index is 0.0556. The number of thiophene rings is 1. The topological polar surface area (TPSA) is 59.4 Å². The Kier molecular flexibility index (Phi) is 4.97. The van der Waals surface area contributed by atoms with Crippen LogP contribution in [0, 0.1) is 0 Å². The van der Waals surface area contributed by atoms with Gasteiger partial charge in [-0.1, -0.05) is 6.92 Å². The van der Waals surface area contributed by atoms with Crippen LogP contribution in [0.5, 0.6) is 0 Å². The molecule has 0 aliphatic carbocycles. The van der Waals surface area contributed by atoms with Crippen LogP contribution in [0.2, 0.25) is 0 Å². The summed E-state index contributed by atoms with van der Waals surface area (Å²) < 4.78 is 6.80. The van der Waals surface area contributed by atoms with Crippen molar-refractivity contribution in [2.24, 2.45) is 0 Å². The highest BCUT2D eigenvalue weighted by Gasteiger charge is 2.30. The van der Waals surface area contributed by atoms with Crippen molar-refractivity contribution in [2.45, 2.75) is 32.4 Å². The smallest absolute Gasteiger partial charge is 0.322 e. The molecule has 0 saturated heterocycles. The number of hydrogen-bond acceptors (Lipinski definition) is 4. The Bertz CT molecular complexity index is 667. The van der Waals surface area contributed by atoms with Gasteiger partial charge in [-0.05, 0) is 29.9 Å². The third kappa shape index (κ3) is 3.40. The van der Waals surface area contributed by atoms with Gasteiger partial charge >= 0.3 is 6.03 Å². The van der Waals surface area contributed by atoms with E-state index in [1.807, 2.05) is 11.1 Å². The number of methoxy groups -OCH3 is 1. The maximum Gasteiger partial charge on any atom is 0.322 e. The summed E-state index contributed by atoms with van der Waals surface area (Å²) >= 11 is 1.79. The summed E-state index contributed by atoms with van der Waals surface area (Å²) in [5.74, 6) is 0. The molecule has 0 spiro atoms. The van der Waals surface area contributed by atoms with Gasteiger partial charge in [0, 0.05) is 24.7 Å². The summed E-state index contributed by atoms with van der Waals surface area (Å²) in [7, 11) is 1.66. The summed E-state index contributed by atoms with van der Waals surface area (Å²) in [5.41, 5.74) is 2.02. The largest absolute Gasteiger partial charge is 0.383 e. The number of carbonyl (C=O) groups excluding carboxylic acids is 1. The standard InChI is InChI=1S/C16H22N4O2S/c1-3-14-13-5-9-23-15(13)4-6-20(14)16(21)18-12-10-17-19(11-12)7-8-22-2/h5,9-11,14H,3-4,6-8H2,1-2H3,(H,18,21)/t14-/m0/s1. The molecule has 6 nitrogen and oxygen atoms in total. The predicted molar refractivity (Wildman–Crippen MR) is 90.9 cm³/mol. The third-order valence-corrected chi connectivity index (χ3v) is 5.15. The van der Waals surface area contributed by atoms with Gasteiger partial charge < -0.3 is 15.0 Å². The summed E-state index contributed by atoms with van der Waals surface area (Å²) in [4.78, 5) is 16.0. The lowest BCUT2D eigenvalue weighted by Crippen LogP contribution is -2.41. The molecule has 3 heterocycles. The van der Waals surface area contributed by atoms with Gasteiger partial charge in [0.05, 0.1) is 31.1 Å². The third-order valence-electron chi connectivity index (χ3n) is 4.15. The molecule has 2 aromatic heterocycles. The fraction of sp³-hybridized carbons (Fsp3) is 0.500. The molecular formula is C16H22N4O2S. The number of hydrogen-bond donors (Lipinski definition) is 1. The molecule has 0 fully saturated rings. The molecule has 1 aliphatic rings. The number of rotatable bonds is 5. The van der Waals surface area contributed by atoms with Crippen molar-refractivity contribution in [1.29, 1.82) is 0 Å². The number of urea groups is 1. The zero-order valence-corrected chi connectivity index (χ0v) is 14.3. The van der Waals surface area contributed by atoms with Gasteiger partial charge in [-0.15, -0.1) is 11.3 Å². The number of fused-ring (bicyclic) bond motifs is 1. The van der Waals surface area contributed by atoms with Crippen molar-refractivity contribution >= 4 is 23.1 Å². The Morgan fingerprint density at radius 2 is 2.43 bits per heavy atom. The Labute approximate surface area is 140 Å². The Balaban J connectivity index is 1.67. The minimum Gasteiger partial charge on any atom is -0.383 e. The van der Waals surface area contributed by atoms with Crippen LogP contribution in [0.25, 0.3) is 0 Å². The van der Waals surface area contributed by atoms with Crippen LogP contribution in [0.4, 0.5) is 10.5 Å².